The lowest BCUT2D eigenvalue weighted by Crippen LogP contribution is -2.46. The first-order chi connectivity index (χ1) is 8.49. The number of nitrogens with zero attached hydrogens (tertiary/aromatic N) is 1. The highest BCUT2D eigenvalue weighted by Crippen LogP contribution is 2.25. The fraction of sp³-hybridized carbons (Fsp3) is 0.500. The first-order valence-corrected chi connectivity index (χ1v) is 6.36. The Morgan fingerprint density at radius 3 is 2.78 bits per heavy atom. The van der Waals surface area contributed by atoms with E-state index in [2.05, 4.69) is 6.92 Å². The van der Waals surface area contributed by atoms with E-state index in [0.717, 1.165) is 19.4 Å². The van der Waals surface area contributed by atoms with E-state index in [1.54, 1.807) is 0 Å². The first-order valence-electron chi connectivity index (χ1n) is 6.36. The van der Waals surface area contributed by atoms with Gasteiger partial charge in [-0.15, -0.1) is 0 Å². The molecule has 1 aliphatic heterocycles. The fourth-order valence-electron chi connectivity index (χ4n) is 2.52. The van der Waals surface area contributed by atoms with Crippen LogP contribution in [0.1, 0.15) is 37.0 Å². The molecule has 98 valence electrons. The lowest BCUT2D eigenvalue weighted by atomic mass is 9.91. The molecule has 1 saturated heterocycles. The Hall–Kier alpha value is -1.58. The Morgan fingerprint density at radius 2 is 2.11 bits per heavy atom. The van der Waals surface area contributed by atoms with Crippen LogP contribution in [0.4, 0.5) is 10.1 Å². The first kappa shape index (κ1) is 12.9. The molecule has 1 amide bonds. The van der Waals surface area contributed by atoms with Crippen molar-refractivity contribution in [1.82, 2.24) is 4.90 Å². The molecule has 0 aliphatic carbocycles. The average molecular weight is 250 g/mol. The monoisotopic (exact) mass is 250 g/mol. The summed E-state index contributed by atoms with van der Waals surface area (Å²) in [4.78, 5) is 14.2. The minimum Gasteiger partial charge on any atom is -0.399 e. The largest absolute Gasteiger partial charge is 0.399 e. The summed E-state index contributed by atoms with van der Waals surface area (Å²) in [7, 11) is 0. The zero-order valence-electron chi connectivity index (χ0n) is 10.8. The number of nitrogen functional groups attached to an aromatic ring is 1. The number of carbonyl (C=O) groups is 1. The molecule has 1 aliphatic rings. The normalized spacial score (nSPS) is 24.1. The number of hydrogen-bond donors (Lipinski definition) is 1. The number of hydrogen-bond acceptors (Lipinski definition) is 2. The minimum atomic E-state index is -0.462. The number of likely N-dealkylation sites (tertiary alicyclic amines) is 1. The molecule has 4 heteroatoms. The number of amides is 1. The van der Waals surface area contributed by atoms with Crippen molar-refractivity contribution in [2.75, 3.05) is 12.3 Å². The predicted molar refractivity (Wildman–Crippen MR) is 69.7 cm³/mol. The molecule has 1 aromatic carbocycles. The van der Waals surface area contributed by atoms with Crippen LogP contribution in [0.3, 0.4) is 0 Å². The van der Waals surface area contributed by atoms with Crippen LogP contribution < -0.4 is 5.73 Å². The average Bonchev–Trinajstić information content (AvgIpc) is 2.30. The SMILES string of the molecule is CC1CCCN(C(=O)c2cc(N)cc(F)c2)C1C. The standard InChI is InChI=1S/C14H19FN2O/c1-9-4-3-5-17(10(9)2)14(18)11-6-12(15)8-13(16)7-11/h6-10H,3-5,16H2,1-2H3. The quantitative estimate of drug-likeness (QED) is 0.779. The van der Waals surface area contributed by atoms with Gasteiger partial charge in [-0.05, 0) is 43.9 Å². The van der Waals surface area contributed by atoms with Crippen LogP contribution in [0.15, 0.2) is 18.2 Å². The van der Waals surface area contributed by atoms with Crippen LogP contribution in [0.2, 0.25) is 0 Å². The molecule has 1 heterocycles. The van der Waals surface area contributed by atoms with Crippen LogP contribution in [-0.2, 0) is 0 Å². The minimum absolute atomic E-state index is 0.125. The summed E-state index contributed by atoms with van der Waals surface area (Å²) in [6, 6.07) is 4.21. The van der Waals surface area contributed by atoms with Gasteiger partial charge in [0.1, 0.15) is 5.82 Å². The third-order valence-corrected chi connectivity index (χ3v) is 3.80. The fourth-order valence-corrected chi connectivity index (χ4v) is 2.52. The van der Waals surface area contributed by atoms with Crippen molar-refractivity contribution < 1.29 is 9.18 Å². The Balaban J connectivity index is 2.24. The summed E-state index contributed by atoms with van der Waals surface area (Å²) in [5.41, 5.74) is 6.21. The van der Waals surface area contributed by atoms with Gasteiger partial charge in [0.15, 0.2) is 0 Å². The highest BCUT2D eigenvalue weighted by atomic mass is 19.1. The van der Waals surface area contributed by atoms with Gasteiger partial charge in [-0.1, -0.05) is 6.92 Å². The number of halogens is 1. The maximum absolute atomic E-state index is 13.3. The third kappa shape index (κ3) is 2.47. The number of carbonyl (C=O) groups excluding carboxylic acids is 1. The summed E-state index contributed by atoms with van der Waals surface area (Å²) in [5.74, 6) is -0.107. The summed E-state index contributed by atoms with van der Waals surface area (Å²) in [5, 5.41) is 0. The highest BCUT2D eigenvalue weighted by molar-refractivity contribution is 5.95. The van der Waals surface area contributed by atoms with Crippen molar-refractivity contribution in [3.8, 4) is 0 Å². The molecular formula is C14H19FN2O. The Morgan fingerprint density at radius 1 is 1.39 bits per heavy atom. The van der Waals surface area contributed by atoms with Gasteiger partial charge in [0, 0.05) is 23.8 Å². The van der Waals surface area contributed by atoms with Gasteiger partial charge in [0.05, 0.1) is 0 Å². The van der Waals surface area contributed by atoms with Gasteiger partial charge in [-0.3, -0.25) is 4.79 Å². The summed E-state index contributed by atoms with van der Waals surface area (Å²) in [6.07, 6.45) is 2.14. The third-order valence-electron chi connectivity index (χ3n) is 3.80. The van der Waals surface area contributed by atoms with E-state index in [9.17, 15) is 9.18 Å². The molecule has 2 unspecified atom stereocenters. The van der Waals surface area contributed by atoms with Crippen LogP contribution in [0.25, 0.3) is 0 Å². The number of nitrogens with two attached hydrogens (primary N) is 1. The van der Waals surface area contributed by atoms with Crippen molar-refractivity contribution in [2.24, 2.45) is 5.92 Å². The lowest BCUT2D eigenvalue weighted by Gasteiger charge is -2.38. The Kier molecular flexibility index (Phi) is 3.55. The van der Waals surface area contributed by atoms with Crippen molar-refractivity contribution >= 4 is 11.6 Å². The number of benzene rings is 1. The molecule has 0 aromatic heterocycles. The zero-order valence-corrected chi connectivity index (χ0v) is 10.8. The molecule has 0 radical (unpaired) electrons. The maximum atomic E-state index is 13.3. The van der Waals surface area contributed by atoms with E-state index in [4.69, 9.17) is 5.73 Å². The number of anilines is 1. The number of piperidine rings is 1. The van der Waals surface area contributed by atoms with Crippen molar-refractivity contribution in [3.05, 3.63) is 29.6 Å². The molecule has 2 N–H and O–H groups in total. The summed E-state index contributed by atoms with van der Waals surface area (Å²) >= 11 is 0. The van der Waals surface area contributed by atoms with E-state index >= 15 is 0 Å². The molecule has 0 bridgehead atoms. The van der Waals surface area contributed by atoms with E-state index in [0.29, 0.717) is 11.5 Å². The smallest absolute Gasteiger partial charge is 0.254 e. The van der Waals surface area contributed by atoms with Gasteiger partial charge < -0.3 is 10.6 Å². The van der Waals surface area contributed by atoms with Crippen molar-refractivity contribution in [3.63, 3.8) is 0 Å². The van der Waals surface area contributed by atoms with E-state index < -0.39 is 5.82 Å². The molecule has 18 heavy (non-hydrogen) atoms. The predicted octanol–water partition coefficient (Wildman–Crippen LogP) is 2.67. The van der Waals surface area contributed by atoms with Gasteiger partial charge in [-0.2, -0.15) is 0 Å². The molecule has 2 rings (SSSR count). The second kappa shape index (κ2) is 4.96. The Labute approximate surface area is 107 Å². The molecule has 0 saturated carbocycles. The van der Waals surface area contributed by atoms with Crippen LogP contribution in [0, 0.1) is 11.7 Å². The second-order valence-electron chi connectivity index (χ2n) is 5.13. The van der Waals surface area contributed by atoms with Gasteiger partial charge in [0.25, 0.3) is 5.91 Å². The number of rotatable bonds is 1. The highest BCUT2D eigenvalue weighted by Gasteiger charge is 2.29. The Bertz CT molecular complexity index is 441. The van der Waals surface area contributed by atoms with Gasteiger partial charge in [-0.25, -0.2) is 4.39 Å². The van der Waals surface area contributed by atoms with Crippen LogP contribution >= 0.6 is 0 Å². The molecular weight excluding hydrogens is 231 g/mol. The van der Waals surface area contributed by atoms with E-state index in [1.165, 1.54) is 18.2 Å². The molecule has 0 spiro atoms. The summed E-state index contributed by atoms with van der Waals surface area (Å²) in [6.45, 7) is 4.93. The molecule has 1 fully saturated rings. The van der Waals surface area contributed by atoms with E-state index in [1.807, 2.05) is 11.8 Å². The lowest BCUT2D eigenvalue weighted by molar-refractivity contribution is 0.0550. The zero-order chi connectivity index (χ0) is 13.3. The van der Waals surface area contributed by atoms with Crippen molar-refractivity contribution in [2.45, 2.75) is 32.7 Å². The van der Waals surface area contributed by atoms with Crippen LogP contribution in [-0.4, -0.2) is 23.4 Å². The van der Waals surface area contributed by atoms with Crippen molar-refractivity contribution in [1.29, 1.82) is 0 Å². The maximum Gasteiger partial charge on any atom is 0.254 e. The molecule has 3 nitrogen and oxygen atoms in total. The van der Waals surface area contributed by atoms with Gasteiger partial charge >= 0.3 is 0 Å². The summed E-state index contributed by atoms with van der Waals surface area (Å²) < 4.78 is 13.3. The topological polar surface area (TPSA) is 46.3 Å². The second-order valence-corrected chi connectivity index (χ2v) is 5.13. The van der Waals surface area contributed by atoms with Crippen LogP contribution in [0.5, 0.6) is 0 Å². The van der Waals surface area contributed by atoms with Gasteiger partial charge in [0.2, 0.25) is 0 Å². The van der Waals surface area contributed by atoms with E-state index in [-0.39, 0.29) is 17.6 Å². The molecule has 1 aromatic rings. The molecule has 2 atom stereocenters.